The van der Waals surface area contributed by atoms with Crippen LogP contribution in [0.4, 0.5) is 10.5 Å². The van der Waals surface area contributed by atoms with Gasteiger partial charge in [0.15, 0.2) is 0 Å². The van der Waals surface area contributed by atoms with Crippen molar-refractivity contribution in [2.75, 3.05) is 24.7 Å². The number of aliphatic carboxylic acids is 1. The van der Waals surface area contributed by atoms with Gasteiger partial charge in [-0.2, -0.15) is 0 Å². The van der Waals surface area contributed by atoms with Gasteiger partial charge < -0.3 is 20.5 Å². The molecule has 0 aromatic heterocycles. The Balaban J connectivity index is 1.79. The van der Waals surface area contributed by atoms with Crippen LogP contribution in [0.25, 0.3) is 0 Å². The molecule has 1 aromatic rings. The first-order valence-electron chi connectivity index (χ1n) is 8.62. The van der Waals surface area contributed by atoms with Gasteiger partial charge in [0, 0.05) is 35.9 Å². The van der Waals surface area contributed by atoms with Crippen LogP contribution in [0.2, 0.25) is 0 Å². The Hall–Kier alpha value is -2.66. The second-order valence-corrected chi connectivity index (χ2v) is 8.32. The van der Waals surface area contributed by atoms with E-state index in [9.17, 15) is 24.3 Å². The van der Waals surface area contributed by atoms with Gasteiger partial charge in [0.1, 0.15) is 23.7 Å². The van der Waals surface area contributed by atoms with Crippen molar-refractivity contribution in [3.05, 3.63) is 35.5 Å². The summed E-state index contributed by atoms with van der Waals surface area (Å²) < 4.78 is 4.92. The number of ether oxygens (including phenoxy) is 1. The third-order valence-corrected chi connectivity index (χ3v) is 6.61. The highest BCUT2D eigenvalue weighted by molar-refractivity contribution is 8.13. The SMILES string of the molecule is CNC(=O)Sc1ccccc1N[C@@H]1C(=O)N2C(C(=O)O)=C(COC(C)=O)CSC12. The van der Waals surface area contributed by atoms with Crippen molar-refractivity contribution in [1.82, 2.24) is 10.2 Å². The summed E-state index contributed by atoms with van der Waals surface area (Å²) in [6, 6.07) is 6.46. The Kier molecular flexibility index (Phi) is 6.38. The highest BCUT2D eigenvalue weighted by Gasteiger charge is 2.53. The Bertz CT molecular complexity index is 903. The average molecular weight is 437 g/mol. The zero-order valence-electron chi connectivity index (χ0n) is 15.6. The lowest BCUT2D eigenvalue weighted by molar-refractivity contribution is -0.147. The fraction of sp³-hybridized carbons (Fsp3) is 0.333. The van der Waals surface area contributed by atoms with Crippen LogP contribution in [0, 0.1) is 0 Å². The molecule has 154 valence electrons. The maximum absolute atomic E-state index is 12.7. The number of benzene rings is 1. The highest BCUT2D eigenvalue weighted by atomic mass is 32.2. The molecule has 1 saturated heterocycles. The van der Waals surface area contributed by atoms with Crippen molar-refractivity contribution in [3.63, 3.8) is 0 Å². The predicted octanol–water partition coefficient (Wildman–Crippen LogP) is 1.72. The van der Waals surface area contributed by atoms with Crippen molar-refractivity contribution in [2.45, 2.75) is 23.2 Å². The Labute approximate surface area is 175 Å². The van der Waals surface area contributed by atoms with Gasteiger partial charge in [0.2, 0.25) is 0 Å². The number of carboxylic acid groups (broad SMARTS) is 1. The number of thioether (sulfide) groups is 2. The number of esters is 1. The van der Waals surface area contributed by atoms with E-state index in [0.717, 1.165) is 11.8 Å². The van der Waals surface area contributed by atoms with E-state index in [1.54, 1.807) is 24.3 Å². The fourth-order valence-corrected chi connectivity index (χ4v) is 4.99. The lowest BCUT2D eigenvalue weighted by Crippen LogP contribution is -2.67. The zero-order valence-corrected chi connectivity index (χ0v) is 17.3. The van der Waals surface area contributed by atoms with E-state index in [1.165, 1.54) is 30.6 Å². The molecule has 0 bridgehead atoms. The molecule has 11 heteroatoms. The minimum Gasteiger partial charge on any atom is -0.477 e. The lowest BCUT2D eigenvalue weighted by atomic mass is 10.0. The van der Waals surface area contributed by atoms with Crippen LogP contribution in [0.3, 0.4) is 0 Å². The normalized spacial score (nSPS) is 20.5. The standard InChI is InChI=1S/C18H19N3O6S2/c1-9(22)27-7-10-8-28-16-13(15(23)21(16)14(10)17(24)25)20-11-5-3-4-6-12(11)29-18(26)19-2/h3-6,13,16,20H,7-8H2,1-2H3,(H,19,26)(H,24,25)/t13-,16?/m1/s1. The molecule has 9 nitrogen and oxygen atoms in total. The van der Waals surface area contributed by atoms with Crippen LogP contribution in [-0.2, 0) is 19.1 Å². The summed E-state index contributed by atoms with van der Waals surface area (Å²) >= 11 is 2.39. The topological polar surface area (TPSA) is 125 Å². The molecule has 3 N–H and O–H groups in total. The first-order chi connectivity index (χ1) is 13.8. The predicted molar refractivity (Wildman–Crippen MR) is 109 cm³/mol. The molecule has 1 fully saturated rings. The summed E-state index contributed by atoms with van der Waals surface area (Å²) in [6.45, 7) is 1.08. The molecule has 0 spiro atoms. The van der Waals surface area contributed by atoms with Gasteiger partial charge >= 0.3 is 11.9 Å². The second-order valence-electron chi connectivity index (χ2n) is 6.21. The van der Waals surface area contributed by atoms with Crippen molar-refractivity contribution in [1.29, 1.82) is 0 Å². The Morgan fingerprint density at radius 1 is 1.34 bits per heavy atom. The summed E-state index contributed by atoms with van der Waals surface area (Å²) in [6.07, 6.45) is 0. The molecule has 0 saturated carbocycles. The number of β-lactam (4-membered cyclic amide) rings is 1. The maximum atomic E-state index is 12.7. The van der Waals surface area contributed by atoms with Gasteiger partial charge in [-0.3, -0.25) is 19.3 Å². The molecule has 0 radical (unpaired) electrons. The fourth-order valence-electron chi connectivity index (χ4n) is 2.98. The van der Waals surface area contributed by atoms with Crippen LogP contribution in [0.15, 0.2) is 40.4 Å². The molecule has 3 rings (SSSR count). The third-order valence-electron chi connectivity index (χ3n) is 4.30. The molecule has 29 heavy (non-hydrogen) atoms. The van der Waals surface area contributed by atoms with Crippen LogP contribution < -0.4 is 10.6 Å². The highest BCUT2D eigenvalue weighted by Crippen LogP contribution is 2.42. The number of carbonyl (C=O) groups excluding carboxylic acids is 3. The minimum atomic E-state index is -1.24. The molecular weight excluding hydrogens is 418 g/mol. The lowest BCUT2D eigenvalue weighted by Gasteiger charge is -2.49. The van der Waals surface area contributed by atoms with Gasteiger partial charge in [0.05, 0.1) is 0 Å². The van der Waals surface area contributed by atoms with Crippen molar-refractivity contribution in [2.24, 2.45) is 0 Å². The Morgan fingerprint density at radius 2 is 2.07 bits per heavy atom. The largest absolute Gasteiger partial charge is 0.477 e. The molecule has 0 aliphatic carbocycles. The summed E-state index contributed by atoms with van der Waals surface area (Å²) in [5, 5.41) is 14.6. The van der Waals surface area contributed by atoms with Gasteiger partial charge in [0.25, 0.3) is 11.1 Å². The zero-order chi connectivity index (χ0) is 21.1. The van der Waals surface area contributed by atoms with E-state index >= 15 is 0 Å². The molecule has 2 atom stereocenters. The quantitative estimate of drug-likeness (QED) is 0.346. The van der Waals surface area contributed by atoms with E-state index in [0.29, 0.717) is 21.9 Å². The van der Waals surface area contributed by atoms with Crippen molar-refractivity contribution < 1.29 is 29.0 Å². The van der Waals surface area contributed by atoms with E-state index in [-0.39, 0.29) is 23.5 Å². The number of hydrogen-bond acceptors (Lipinski definition) is 8. The van der Waals surface area contributed by atoms with Gasteiger partial charge in [-0.15, -0.1) is 11.8 Å². The molecular formula is C18H19N3O6S2. The minimum absolute atomic E-state index is 0.133. The number of nitrogens with zero attached hydrogens (tertiary/aromatic N) is 1. The number of rotatable bonds is 6. The molecule has 1 unspecified atom stereocenters. The van der Waals surface area contributed by atoms with E-state index < -0.39 is 23.4 Å². The van der Waals surface area contributed by atoms with Gasteiger partial charge in [-0.1, -0.05) is 12.1 Å². The smallest absolute Gasteiger partial charge is 0.352 e. The van der Waals surface area contributed by atoms with Crippen LogP contribution >= 0.6 is 23.5 Å². The van der Waals surface area contributed by atoms with Gasteiger partial charge in [-0.25, -0.2) is 4.79 Å². The molecule has 2 aliphatic heterocycles. The molecule has 1 aromatic carbocycles. The number of fused-ring (bicyclic) bond motifs is 1. The first-order valence-corrected chi connectivity index (χ1v) is 10.5. The molecule has 2 heterocycles. The number of hydrogen-bond donors (Lipinski definition) is 3. The molecule has 2 aliphatic rings. The van der Waals surface area contributed by atoms with E-state index in [4.69, 9.17) is 4.74 Å². The van der Waals surface area contributed by atoms with Crippen LogP contribution in [0.5, 0.6) is 0 Å². The van der Waals surface area contributed by atoms with Crippen molar-refractivity contribution >= 4 is 52.3 Å². The van der Waals surface area contributed by atoms with Crippen LogP contribution in [0.1, 0.15) is 6.92 Å². The summed E-state index contributed by atoms with van der Waals surface area (Å²) in [7, 11) is 1.53. The number of carbonyl (C=O) groups is 4. The van der Waals surface area contributed by atoms with Gasteiger partial charge in [-0.05, 0) is 23.9 Å². The average Bonchev–Trinajstić information content (AvgIpc) is 2.70. The summed E-state index contributed by atoms with van der Waals surface area (Å²) in [4.78, 5) is 49.1. The van der Waals surface area contributed by atoms with E-state index in [2.05, 4.69) is 10.6 Å². The number of amides is 2. The second kappa shape index (κ2) is 8.78. The van der Waals surface area contributed by atoms with Crippen molar-refractivity contribution in [3.8, 4) is 0 Å². The summed E-state index contributed by atoms with van der Waals surface area (Å²) in [5.74, 6) is -1.82. The maximum Gasteiger partial charge on any atom is 0.352 e. The number of para-hydroxylation sites is 1. The third kappa shape index (κ3) is 4.35. The summed E-state index contributed by atoms with van der Waals surface area (Å²) in [5.41, 5.74) is 0.869. The number of carboxylic acids is 1. The molecule has 2 amide bonds. The first kappa shape index (κ1) is 21.1. The number of anilines is 1. The van der Waals surface area contributed by atoms with Crippen LogP contribution in [-0.4, -0.2) is 63.9 Å². The van der Waals surface area contributed by atoms with E-state index in [1.807, 2.05) is 0 Å². The number of nitrogens with one attached hydrogen (secondary N) is 2. The monoisotopic (exact) mass is 437 g/mol. The Morgan fingerprint density at radius 3 is 2.72 bits per heavy atom.